The third-order valence-electron chi connectivity index (χ3n) is 4.58. The molecule has 7 heteroatoms. The van der Waals surface area contributed by atoms with Crippen molar-refractivity contribution in [1.82, 2.24) is 10.2 Å². The van der Waals surface area contributed by atoms with Crippen molar-refractivity contribution in [2.45, 2.75) is 25.4 Å². The van der Waals surface area contributed by atoms with Crippen molar-refractivity contribution in [3.8, 4) is 5.75 Å². The summed E-state index contributed by atoms with van der Waals surface area (Å²) in [5.41, 5.74) is 0. The van der Waals surface area contributed by atoms with Gasteiger partial charge in [-0.15, -0.1) is 24.0 Å². The molecule has 0 atom stereocenters. The van der Waals surface area contributed by atoms with Gasteiger partial charge in [-0.1, -0.05) is 18.2 Å². The van der Waals surface area contributed by atoms with E-state index in [1.807, 2.05) is 54.2 Å². The van der Waals surface area contributed by atoms with Gasteiger partial charge < -0.3 is 19.4 Å². The number of ether oxygens (including phenoxy) is 1. The van der Waals surface area contributed by atoms with Gasteiger partial charge in [-0.3, -0.25) is 4.99 Å². The van der Waals surface area contributed by atoms with Crippen molar-refractivity contribution in [3.63, 3.8) is 0 Å². The van der Waals surface area contributed by atoms with Crippen LogP contribution in [0.4, 0.5) is 0 Å². The number of thioether (sulfide) groups is 1. The molecule has 1 aromatic heterocycles. The maximum atomic E-state index is 6.11. The number of nitrogens with zero attached hydrogens (tertiary/aromatic N) is 2. The van der Waals surface area contributed by atoms with Crippen LogP contribution < -0.4 is 10.1 Å². The number of aliphatic imine (C=N–C) groups is 1. The molecular formula is C21H30IN3O2S. The zero-order valence-electron chi connectivity index (χ0n) is 16.4. The summed E-state index contributed by atoms with van der Waals surface area (Å²) in [7, 11) is 0. The Hall–Kier alpha value is -1.35. The van der Waals surface area contributed by atoms with Crippen molar-refractivity contribution in [2.75, 3.05) is 38.2 Å². The molecule has 2 aromatic rings. The molecule has 5 nitrogen and oxygen atoms in total. The highest BCUT2D eigenvalue weighted by molar-refractivity contribution is 14.0. The smallest absolute Gasteiger partial charge is 0.193 e. The highest BCUT2D eigenvalue weighted by atomic mass is 127. The van der Waals surface area contributed by atoms with E-state index in [0.29, 0.717) is 0 Å². The second-order valence-corrected chi connectivity index (χ2v) is 7.56. The van der Waals surface area contributed by atoms with Gasteiger partial charge in [0.2, 0.25) is 0 Å². The highest BCUT2D eigenvalue weighted by Crippen LogP contribution is 2.18. The SMILES string of the molecule is CSCCN=C(NCCc1ccco1)N1CCC(Oc2ccccc2)CC1.I. The Morgan fingerprint density at radius 3 is 2.68 bits per heavy atom. The number of hydrogen-bond acceptors (Lipinski definition) is 4. The minimum Gasteiger partial charge on any atom is -0.490 e. The first-order valence-corrected chi connectivity index (χ1v) is 11.0. The summed E-state index contributed by atoms with van der Waals surface area (Å²) >= 11 is 1.83. The normalized spacial score (nSPS) is 15.2. The zero-order chi connectivity index (χ0) is 18.7. The van der Waals surface area contributed by atoms with Crippen LogP contribution in [0.15, 0.2) is 58.1 Å². The Morgan fingerprint density at radius 1 is 1.21 bits per heavy atom. The fraction of sp³-hybridized carbons (Fsp3) is 0.476. The first-order valence-electron chi connectivity index (χ1n) is 9.61. The molecule has 1 aromatic carbocycles. The van der Waals surface area contributed by atoms with Gasteiger partial charge in [0.15, 0.2) is 5.96 Å². The molecule has 1 fully saturated rings. The molecule has 1 aliphatic rings. The van der Waals surface area contributed by atoms with E-state index >= 15 is 0 Å². The molecule has 0 bridgehead atoms. The summed E-state index contributed by atoms with van der Waals surface area (Å²) < 4.78 is 11.5. The van der Waals surface area contributed by atoms with E-state index in [2.05, 4.69) is 16.5 Å². The monoisotopic (exact) mass is 515 g/mol. The van der Waals surface area contributed by atoms with E-state index < -0.39 is 0 Å². The van der Waals surface area contributed by atoms with Gasteiger partial charge in [-0.25, -0.2) is 0 Å². The second kappa shape index (κ2) is 13.0. The van der Waals surface area contributed by atoms with Crippen LogP contribution in [0.25, 0.3) is 0 Å². The molecule has 0 saturated carbocycles. The van der Waals surface area contributed by atoms with Crippen molar-refractivity contribution < 1.29 is 9.15 Å². The average Bonchev–Trinajstić information content (AvgIpc) is 3.22. The van der Waals surface area contributed by atoms with Crippen molar-refractivity contribution >= 4 is 41.7 Å². The van der Waals surface area contributed by atoms with Crippen LogP contribution in [0.1, 0.15) is 18.6 Å². The standard InChI is InChI=1S/C21H29N3O2S.HI/c1-27-17-13-23-21(22-12-9-18-8-5-16-25-18)24-14-10-20(11-15-24)26-19-6-3-2-4-7-19;/h2-8,16,20H,9-15,17H2,1H3,(H,22,23);1H. The number of halogens is 1. The lowest BCUT2D eigenvalue weighted by Crippen LogP contribution is -2.48. The van der Waals surface area contributed by atoms with Crippen molar-refractivity contribution in [2.24, 2.45) is 4.99 Å². The highest BCUT2D eigenvalue weighted by Gasteiger charge is 2.22. The molecule has 28 heavy (non-hydrogen) atoms. The molecule has 1 saturated heterocycles. The lowest BCUT2D eigenvalue weighted by molar-refractivity contribution is 0.129. The average molecular weight is 515 g/mol. The summed E-state index contributed by atoms with van der Waals surface area (Å²) in [4.78, 5) is 7.16. The van der Waals surface area contributed by atoms with E-state index in [1.54, 1.807) is 6.26 Å². The fourth-order valence-electron chi connectivity index (χ4n) is 3.14. The summed E-state index contributed by atoms with van der Waals surface area (Å²) in [6.07, 6.45) is 7.00. The Kier molecular flexibility index (Phi) is 10.6. The molecule has 0 spiro atoms. The quantitative estimate of drug-likeness (QED) is 0.246. The summed E-state index contributed by atoms with van der Waals surface area (Å²) in [5, 5.41) is 3.52. The number of nitrogens with one attached hydrogen (secondary N) is 1. The minimum absolute atomic E-state index is 0. The van der Waals surface area contributed by atoms with Crippen LogP contribution in [-0.2, 0) is 6.42 Å². The molecule has 0 unspecified atom stereocenters. The molecular weight excluding hydrogens is 485 g/mol. The van der Waals surface area contributed by atoms with E-state index in [9.17, 15) is 0 Å². The number of likely N-dealkylation sites (tertiary alicyclic amines) is 1. The molecule has 2 heterocycles. The van der Waals surface area contributed by atoms with E-state index in [4.69, 9.17) is 14.1 Å². The molecule has 0 amide bonds. The number of benzene rings is 1. The first kappa shape index (κ1) is 22.9. The largest absolute Gasteiger partial charge is 0.490 e. The van der Waals surface area contributed by atoms with Gasteiger partial charge in [0.05, 0.1) is 12.8 Å². The van der Waals surface area contributed by atoms with Gasteiger partial charge in [0.25, 0.3) is 0 Å². The van der Waals surface area contributed by atoms with Crippen LogP contribution in [0, 0.1) is 0 Å². The molecule has 154 valence electrons. The van der Waals surface area contributed by atoms with Crippen LogP contribution in [0.3, 0.4) is 0 Å². The van der Waals surface area contributed by atoms with Gasteiger partial charge >= 0.3 is 0 Å². The summed E-state index contributed by atoms with van der Waals surface area (Å²) in [6.45, 7) is 3.59. The van der Waals surface area contributed by atoms with E-state index in [0.717, 1.165) is 68.7 Å². The van der Waals surface area contributed by atoms with E-state index in [-0.39, 0.29) is 30.1 Å². The Bertz CT molecular complexity index is 674. The molecule has 3 rings (SSSR count). The van der Waals surface area contributed by atoms with E-state index in [1.165, 1.54) is 0 Å². The van der Waals surface area contributed by atoms with Crippen molar-refractivity contribution in [1.29, 1.82) is 0 Å². The van der Waals surface area contributed by atoms with Gasteiger partial charge in [0, 0.05) is 44.6 Å². The van der Waals surface area contributed by atoms with Crippen LogP contribution in [0.2, 0.25) is 0 Å². The third kappa shape index (κ3) is 7.58. The Balaban J connectivity index is 0.00000280. The Morgan fingerprint density at radius 2 is 2.00 bits per heavy atom. The van der Waals surface area contributed by atoms with Gasteiger partial charge in [-0.05, 0) is 30.5 Å². The number of para-hydroxylation sites is 1. The summed E-state index contributed by atoms with van der Waals surface area (Å²) in [6, 6.07) is 14.0. The first-order chi connectivity index (χ1) is 13.3. The van der Waals surface area contributed by atoms with Crippen molar-refractivity contribution in [3.05, 3.63) is 54.5 Å². The minimum atomic E-state index is 0. The lowest BCUT2D eigenvalue weighted by atomic mass is 10.1. The third-order valence-corrected chi connectivity index (χ3v) is 5.17. The molecule has 1 aliphatic heterocycles. The van der Waals surface area contributed by atoms with Crippen LogP contribution in [0.5, 0.6) is 5.75 Å². The maximum Gasteiger partial charge on any atom is 0.193 e. The number of piperidine rings is 1. The van der Waals surface area contributed by atoms with Gasteiger partial charge in [-0.2, -0.15) is 11.8 Å². The van der Waals surface area contributed by atoms with Crippen LogP contribution in [-0.4, -0.2) is 55.2 Å². The zero-order valence-corrected chi connectivity index (χ0v) is 19.5. The fourth-order valence-corrected chi connectivity index (χ4v) is 3.41. The maximum absolute atomic E-state index is 6.11. The summed E-state index contributed by atoms with van der Waals surface area (Å²) in [5.74, 6) is 4.01. The molecule has 0 radical (unpaired) electrons. The Labute approximate surface area is 189 Å². The number of furan rings is 1. The van der Waals surface area contributed by atoms with Gasteiger partial charge in [0.1, 0.15) is 17.6 Å². The number of rotatable bonds is 8. The molecule has 0 aliphatic carbocycles. The topological polar surface area (TPSA) is 50.0 Å². The number of guanidine groups is 1. The predicted molar refractivity (Wildman–Crippen MR) is 128 cm³/mol. The number of hydrogen-bond donors (Lipinski definition) is 1. The molecule has 1 N–H and O–H groups in total. The van der Waals surface area contributed by atoms with Crippen LogP contribution >= 0.6 is 35.7 Å². The second-order valence-electron chi connectivity index (χ2n) is 6.57. The predicted octanol–water partition coefficient (Wildman–Crippen LogP) is 4.29. The lowest BCUT2D eigenvalue weighted by Gasteiger charge is -2.34.